The van der Waals surface area contributed by atoms with Gasteiger partial charge in [0.1, 0.15) is 0 Å². The van der Waals surface area contributed by atoms with E-state index in [0.717, 1.165) is 33.5 Å². The molecule has 126 valence electrons. The second-order valence-corrected chi connectivity index (χ2v) is 7.07. The number of carbonyl (C=O) groups is 1. The maximum Gasteiger partial charge on any atom is 0.258 e. The lowest BCUT2D eigenvalue weighted by atomic mass is 10.0. The van der Waals surface area contributed by atoms with Gasteiger partial charge >= 0.3 is 0 Å². The lowest BCUT2D eigenvalue weighted by molar-refractivity contribution is 0.0994. The zero-order chi connectivity index (χ0) is 17.4. The van der Waals surface area contributed by atoms with Crippen molar-refractivity contribution in [3.05, 3.63) is 71.3 Å². The van der Waals surface area contributed by atoms with E-state index in [1.54, 1.807) is 11.9 Å². The van der Waals surface area contributed by atoms with Crippen LogP contribution in [0.25, 0.3) is 10.8 Å². The van der Waals surface area contributed by atoms with Gasteiger partial charge in [-0.15, -0.1) is 0 Å². The van der Waals surface area contributed by atoms with Crippen molar-refractivity contribution in [1.82, 2.24) is 0 Å². The fourth-order valence-electron chi connectivity index (χ4n) is 3.33. The molecule has 0 atom stereocenters. The van der Waals surface area contributed by atoms with Crippen LogP contribution in [0.3, 0.4) is 0 Å². The van der Waals surface area contributed by atoms with E-state index in [1.165, 1.54) is 11.1 Å². The highest BCUT2D eigenvalue weighted by molar-refractivity contribution is 7.99. The first kappa shape index (κ1) is 16.0. The number of benzene rings is 3. The van der Waals surface area contributed by atoms with E-state index in [9.17, 15) is 4.79 Å². The van der Waals surface area contributed by atoms with Crippen LogP contribution in [-0.2, 0) is 5.75 Å². The van der Waals surface area contributed by atoms with E-state index in [4.69, 9.17) is 0 Å². The van der Waals surface area contributed by atoms with E-state index in [0.29, 0.717) is 6.54 Å². The van der Waals surface area contributed by atoms with Crippen LogP contribution >= 0.6 is 11.9 Å². The molecule has 3 aromatic rings. The van der Waals surface area contributed by atoms with E-state index in [1.807, 2.05) is 24.0 Å². The van der Waals surface area contributed by atoms with Gasteiger partial charge in [-0.1, -0.05) is 42.0 Å². The Balaban J connectivity index is 1.60. The Labute approximate surface area is 152 Å². The molecule has 25 heavy (non-hydrogen) atoms. The molecule has 0 bridgehead atoms. The standard InChI is InChI=1S/C21H20N2OS/c1-3-23-19-12-11-18(16-5-4-6-17(20(16)19)21(23)24)22-25-13-15-9-7-14(2)8-10-15/h4-12,22H,3,13H2,1-2H3. The molecule has 0 unspecified atom stereocenters. The van der Waals surface area contributed by atoms with Crippen LogP contribution in [-0.4, -0.2) is 12.5 Å². The number of nitrogens with zero attached hydrogens (tertiary/aromatic N) is 1. The van der Waals surface area contributed by atoms with Crippen molar-refractivity contribution in [2.75, 3.05) is 16.2 Å². The molecular weight excluding hydrogens is 328 g/mol. The highest BCUT2D eigenvalue weighted by atomic mass is 32.2. The number of carbonyl (C=O) groups excluding carboxylic acids is 1. The minimum atomic E-state index is 0.104. The molecule has 0 saturated carbocycles. The van der Waals surface area contributed by atoms with Crippen LogP contribution in [0.1, 0.15) is 28.4 Å². The number of aryl methyl sites for hydroxylation is 1. The number of amides is 1. The van der Waals surface area contributed by atoms with Gasteiger partial charge in [-0.25, -0.2) is 0 Å². The van der Waals surface area contributed by atoms with Gasteiger partial charge in [0, 0.05) is 28.6 Å². The van der Waals surface area contributed by atoms with Crippen molar-refractivity contribution in [2.24, 2.45) is 0 Å². The first-order chi connectivity index (χ1) is 12.2. The van der Waals surface area contributed by atoms with Crippen molar-refractivity contribution >= 4 is 40.0 Å². The number of nitrogens with one attached hydrogen (secondary N) is 1. The van der Waals surface area contributed by atoms with Gasteiger partial charge in [0.05, 0.1) is 11.4 Å². The SMILES string of the molecule is CCN1C(=O)c2cccc3c(NSCc4ccc(C)cc4)ccc1c23. The van der Waals surface area contributed by atoms with Gasteiger partial charge in [-0.2, -0.15) is 0 Å². The topological polar surface area (TPSA) is 32.3 Å². The molecule has 1 amide bonds. The molecular formula is C21H20N2OS. The summed E-state index contributed by atoms with van der Waals surface area (Å²) in [6, 6.07) is 18.7. The van der Waals surface area contributed by atoms with E-state index < -0.39 is 0 Å². The minimum Gasteiger partial charge on any atom is -0.329 e. The van der Waals surface area contributed by atoms with Crippen LogP contribution in [0.5, 0.6) is 0 Å². The Morgan fingerprint density at radius 1 is 1.04 bits per heavy atom. The molecule has 1 N–H and O–H groups in total. The summed E-state index contributed by atoms with van der Waals surface area (Å²) < 4.78 is 3.47. The quantitative estimate of drug-likeness (QED) is 0.628. The summed E-state index contributed by atoms with van der Waals surface area (Å²) in [5.74, 6) is 0.996. The van der Waals surface area contributed by atoms with Gasteiger partial charge in [0.15, 0.2) is 0 Å². The predicted octanol–water partition coefficient (Wildman–Crippen LogP) is 5.39. The Hall–Kier alpha value is -2.46. The van der Waals surface area contributed by atoms with Crippen LogP contribution in [0.4, 0.5) is 11.4 Å². The molecule has 3 aromatic carbocycles. The number of hydrogen-bond acceptors (Lipinski definition) is 3. The second-order valence-electron chi connectivity index (χ2n) is 6.29. The lowest BCUT2D eigenvalue weighted by Crippen LogP contribution is -2.25. The van der Waals surface area contributed by atoms with Crippen LogP contribution < -0.4 is 9.62 Å². The summed E-state index contributed by atoms with van der Waals surface area (Å²) >= 11 is 1.67. The Morgan fingerprint density at radius 2 is 1.84 bits per heavy atom. The summed E-state index contributed by atoms with van der Waals surface area (Å²) in [5, 5.41) is 2.17. The number of rotatable bonds is 5. The number of hydrogen-bond donors (Lipinski definition) is 1. The molecule has 4 rings (SSSR count). The largest absolute Gasteiger partial charge is 0.329 e. The summed E-state index contributed by atoms with van der Waals surface area (Å²) in [7, 11) is 0. The molecule has 0 aliphatic carbocycles. The van der Waals surface area contributed by atoms with Gasteiger partial charge < -0.3 is 9.62 Å². The van der Waals surface area contributed by atoms with E-state index in [2.05, 4.69) is 54.1 Å². The molecule has 1 aliphatic rings. The first-order valence-corrected chi connectivity index (χ1v) is 9.48. The molecule has 1 aliphatic heterocycles. The second kappa shape index (κ2) is 6.45. The zero-order valence-electron chi connectivity index (χ0n) is 14.4. The van der Waals surface area contributed by atoms with Crippen LogP contribution in [0.15, 0.2) is 54.6 Å². The van der Waals surface area contributed by atoms with Crippen molar-refractivity contribution in [3.63, 3.8) is 0 Å². The van der Waals surface area contributed by atoms with E-state index >= 15 is 0 Å². The van der Waals surface area contributed by atoms with Gasteiger partial charge in [-0.3, -0.25) is 4.79 Å². The summed E-state index contributed by atoms with van der Waals surface area (Å²) in [6.45, 7) is 4.81. The highest BCUT2D eigenvalue weighted by Gasteiger charge is 2.29. The lowest BCUT2D eigenvalue weighted by Gasteiger charge is -2.15. The van der Waals surface area contributed by atoms with Gasteiger partial charge in [0.25, 0.3) is 5.91 Å². The fraction of sp³-hybridized carbons (Fsp3) is 0.190. The van der Waals surface area contributed by atoms with Crippen molar-refractivity contribution in [2.45, 2.75) is 19.6 Å². The third kappa shape index (κ3) is 2.76. The third-order valence-electron chi connectivity index (χ3n) is 4.64. The molecule has 0 radical (unpaired) electrons. The maximum absolute atomic E-state index is 12.5. The van der Waals surface area contributed by atoms with Crippen molar-refractivity contribution in [3.8, 4) is 0 Å². The molecule has 4 heteroatoms. The molecule has 0 spiro atoms. The molecule has 3 nitrogen and oxygen atoms in total. The summed E-state index contributed by atoms with van der Waals surface area (Å²) in [6.07, 6.45) is 0. The number of anilines is 2. The predicted molar refractivity (Wildman–Crippen MR) is 107 cm³/mol. The molecule has 1 heterocycles. The first-order valence-electron chi connectivity index (χ1n) is 8.50. The molecule has 0 fully saturated rings. The van der Waals surface area contributed by atoms with E-state index in [-0.39, 0.29) is 5.91 Å². The minimum absolute atomic E-state index is 0.104. The average molecular weight is 348 g/mol. The van der Waals surface area contributed by atoms with Crippen LogP contribution in [0, 0.1) is 6.92 Å². The smallest absolute Gasteiger partial charge is 0.258 e. The molecule has 0 saturated heterocycles. The maximum atomic E-state index is 12.5. The third-order valence-corrected chi connectivity index (χ3v) is 5.48. The van der Waals surface area contributed by atoms with Gasteiger partial charge in [-0.05, 0) is 49.6 Å². The zero-order valence-corrected chi connectivity index (χ0v) is 15.2. The highest BCUT2D eigenvalue weighted by Crippen LogP contribution is 2.41. The van der Waals surface area contributed by atoms with Crippen molar-refractivity contribution < 1.29 is 4.79 Å². The Bertz CT molecular complexity index is 950. The Morgan fingerprint density at radius 3 is 2.60 bits per heavy atom. The van der Waals surface area contributed by atoms with Gasteiger partial charge in [0.2, 0.25) is 0 Å². The summed E-state index contributed by atoms with van der Waals surface area (Å²) in [4.78, 5) is 14.4. The van der Waals surface area contributed by atoms with Crippen molar-refractivity contribution in [1.29, 1.82) is 0 Å². The monoisotopic (exact) mass is 348 g/mol. The average Bonchev–Trinajstić information content (AvgIpc) is 2.92. The Kier molecular flexibility index (Phi) is 4.14. The normalized spacial score (nSPS) is 12.9. The van der Waals surface area contributed by atoms with Crippen LogP contribution in [0.2, 0.25) is 0 Å². The summed E-state index contributed by atoms with van der Waals surface area (Å²) in [5.41, 5.74) is 5.46. The molecule has 0 aromatic heterocycles. The fourth-order valence-corrected chi connectivity index (χ4v) is 4.10.